The molecule has 1 aliphatic rings. The molecular formula is C19H26N2O2. The molecule has 0 bridgehead atoms. The minimum absolute atomic E-state index is 0.335. The van der Waals surface area contributed by atoms with Crippen molar-refractivity contribution in [3.8, 4) is 5.75 Å². The Morgan fingerprint density at radius 2 is 2.04 bits per heavy atom. The monoisotopic (exact) mass is 314 g/mol. The van der Waals surface area contributed by atoms with E-state index < -0.39 is 6.10 Å². The maximum absolute atomic E-state index is 10.4. The summed E-state index contributed by atoms with van der Waals surface area (Å²) in [6.45, 7) is 3.89. The van der Waals surface area contributed by atoms with Gasteiger partial charge in [0, 0.05) is 38.1 Å². The molecule has 2 aromatic rings. The highest BCUT2D eigenvalue weighted by molar-refractivity contribution is 5.31. The van der Waals surface area contributed by atoms with Crippen LogP contribution in [0.5, 0.6) is 5.75 Å². The van der Waals surface area contributed by atoms with Gasteiger partial charge in [-0.3, -0.25) is 4.90 Å². The number of aryl methyl sites for hydroxylation is 2. The molecule has 0 amide bonds. The zero-order valence-corrected chi connectivity index (χ0v) is 14.0. The third-order valence-corrected chi connectivity index (χ3v) is 4.45. The predicted molar refractivity (Wildman–Crippen MR) is 91.5 cm³/mol. The smallest absolute Gasteiger partial charge is 0.122 e. The molecule has 1 aromatic heterocycles. The van der Waals surface area contributed by atoms with E-state index in [0.717, 1.165) is 17.9 Å². The number of hydrogen-bond donors (Lipinski definition) is 1. The van der Waals surface area contributed by atoms with E-state index in [-0.39, 0.29) is 0 Å². The molecule has 1 fully saturated rings. The second kappa shape index (κ2) is 7.20. The first kappa shape index (κ1) is 16.1. The van der Waals surface area contributed by atoms with Crippen molar-refractivity contribution in [2.24, 2.45) is 7.05 Å². The van der Waals surface area contributed by atoms with Crippen molar-refractivity contribution < 1.29 is 9.84 Å². The molecule has 1 saturated carbocycles. The van der Waals surface area contributed by atoms with E-state index in [1.54, 1.807) is 0 Å². The minimum Gasteiger partial charge on any atom is -0.491 e. The number of aliphatic hydroxyl groups is 1. The van der Waals surface area contributed by atoms with Crippen LogP contribution in [0.2, 0.25) is 0 Å². The van der Waals surface area contributed by atoms with Crippen molar-refractivity contribution >= 4 is 0 Å². The zero-order valence-electron chi connectivity index (χ0n) is 14.0. The number of rotatable bonds is 8. The topological polar surface area (TPSA) is 37.6 Å². The molecule has 1 aliphatic carbocycles. The average Bonchev–Trinajstić information content (AvgIpc) is 3.30. The minimum atomic E-state index is -0.476. The molecule has 0 saturated heterocycles. The van der Waals surface area contributed by atoms with E-state index in [0.29, 0.717) is 19.2 Å². The van der Waals surface area contributed by atoms with Gasteiger partial charge >= 0.3 is 0 Å². The van der Waals surface area contributed by atoms with Gasteiger partial charge in [0.05, 0.1) is 0 Å². The summed E-state index contributed by atoms with van der Waals surface area (Å²) in [5.74, 6) is 0.854. The van der Waals surface area contributed by atoms with E-state index in [9.17, 15) is 5.11 Å². The lowest BCUT2D eigenvalue weighted by atomic mass is 10.2. The zero-order chi connectivity index (χ0) is 16.2. The van der Waals surface area contributed by atoms with Crippen molar-refractivity contribution in [1.82, 2.24) is 9.47 Å². The van der Waals surface area contributed by atoms with E-state index in [4.69, 9.17) is 4.74 Å². The summed E-state index contributed by atoms with van der Waals surface area (Å²) in [6.07, 6.45) is 4.06. The molecule has 4 heteroatoms. The van der Waals surface area contributed by atoms with Crippen molar-refractivity contribution in [1.29, 1.82) is 0 Å². The molecule has 1 atom stereocenters. The van der Waals surface area contributed by atoms with E-state index in [1.165, 1.54) is 18.5 Å². The molecule has 0 aliphatic heterocycles. The van der Waals surface area contributed by atoms with Crippen molar-refractivity contribution in [3.63, 3.8) is 0 Å². The quantitative estimate of drug-likeness (QED) is 0.814. The van der Waals surface area contributed by atoms with Crippen LogP contribution in [0.25, 0.3) is 0 Å². The molecule has 0 spiro atoms. The molecule has 1 heterocycles. The molecule has 23 heavy (non-hydrogen) atoms. The summed E-state index contributed by atoms with van der Waals surface area (Å²) < 4.78 is 7.92. The molecule has 124 valence electrons. The molecule has 3 rings (SSSR count). The summed E-state index contributed by atoms with van der Waals surface area (Å²) in [5, 5.41) is 10.4. The SMILES string of the molecule is Cc1ccccc1OCC(O)CN(Cc1cccn1C)C1CC1. The number of ether oxygens (including phenoxy) is 1. The lowest BCUT2D eigenvalue weighted by Crippen LogP contribution is -2.37. The molecule has 1 aromatic carbocycles. The van der Waals surface area contributed by atoms with Gasteiger partial charge in [-0.25, -0.2) is 0 Å². The van der Waals surface area contributed by atoms with Gasteiger partial charge < -0.3 is 14.4 Å². The standard InChI is InChI=1S/C19H26N2O2/c1-15-6-3-4-8-19(15)23-14-18(22)13-21(16-9-10-16)12-17-7-5-11-20(17)2/h3-8,11,16,18,22H,9-10,12-14H2,1-2H3. The highest BCUT2D eigenvalue weighted by atomic mass is 16.5. The van der Waals surface area contributed by atoms with Crippen molar-refractivity contribution in [3.05, 3.63) is 53.9 Å². The van der Waals surface area contributed by atoms with Crippen LogP contribution in [-0.4, -0.2) is 39.9 Å². The Balaban J connectivity index is 1.53. The third kappa shape index (κ3) is 4.36. The van der Waals surface area contributed by atoms with E-state index >= 15 is 0 Å². The summed E-state index contributed by atoms with van der Waals surface area (Å²) in [4.78, 5) is 2.38. The Bertz CT molecular complexity index is 634. The third-order valence-electron chi connectivity index (χ3n) is 4.45. The molecular weight excluding hydrogens is 288 g/mol. The molecule has 0 radical (unpaired) electrons. The maximum Gasteiger partial charge on any atom is 0.122 e. The van der Waals surface area contributed by atoms with Crippen LogP contribution < -0.4 is 4.74 Å². The first-order chi connectivity index (χ1) is 11.1. The number of hydrogen-bond acceptors (Lipinski definition) is 3. The van der Waals surface area contributed by atoms with Crippen LogP contribution in [0, 0.1) is 6.92 Å². The van der Waals surface area contributed by atoms with Crippen molar-refractivity contribution in [2.75, 3.05) is 13.2 Å². The average molecular weight is 314 g/mol. The van der Waals surface area contributed by atoms with Gasteiger partial charge in [-0.2, -0.15) is 0 Å². The number of benzene rings is 1. The van der Waals surface area contributed by atoms with Crippen LogP contribution in [0.4, 0.5) is 0 Å². The second-order valence-corrected chi connectivity index (χ2v) is 6.50. The summed E-state index contributed by atoms with van der Waals surface area (Å²) in [5.41, 5.74) is 2.38. The van der Waals surface area contributed by atoms with Gasteiger partial charge in [-0.1, -0.05) is 18.2 Å². The summed E-state index contributed by atoms with van der Waals surface area (Å²) in [7, 11) is 2.07. The first-order valence-electron chi connectivity index (χ1n) is 8.34. The van der Waals surface area contributed by atoms with Crippen molar-refractivity contribution in [2.45, 2.75) is 38.5 Å². The van der Waals surface area contributed by atoms with Gasteiger partial charge in [-0.15, -0.1) is 0 Å². The largest absolute Gasteiger partial charge is 0.491 e. The van der Waals surface area contributed by atoms with Crippen LogP contribution in [0.3, 0.4) is 0 Å². The second-order valence-electron chi connectivity index (χ2n) is 6.50. The Kier molecular flexibility index (Phi) is 5.03. The van der Waals surface area contributed by atoms with Crippen LogP contribution in [0.15, 0.2) is 42.6 Å². The lowest BCUT2D eigenvalue weighted by Gasteiger charge is -2.25. The van der Waals surface area contributed by atoms with Gasteiger partial charge in [0.25, 0.3) is 0 Å². The Hall–Kier alpha value is -1.78. The summed E-state index contributed by atoms with van der Waals surface area (Å²) in [6, 6.07) is 12.7. The van der Waals surface area contributed by atoms with Crippen LogP contribution in [0.1, 0.15) is 24.1 Å². The number of aliphatic hydroxyl groups excluding tert-OH is 1. The highest BCUT2D eigenvalue weighted by Crippen LogP contribution is 2.28. The fourth-order valence-electron chi connectivity index (χ4n) is 2.88. The number of para-hydroxylation sites is 1. The van der Waals surface area contributed by atoms with E-state index in [1.807, 2.05) is 31.2 Å². The van der Waals surface area contributed by atoms with Crippen LogP contribution in [-0.2, 0) is 13.6 Å². The van der Waals surface area contributed by atoms with Gasteiger partial charge in [0.15, 0.2) is 0 Å². The number of nitrogens with zero attached hydrogens (tertiary/aromatic N) is 2. The van der Waals surface area contributed by atoms with Gasteiger partial charge in [-0.05, 0) is 43.5 Å². The van der Waals surface area contributed by atoms with Gasteiger partial charge in [0.2, 0.25) is 0 Å². The molecule has 1 unspecified atom stereocenters. The Morgan fingerprint density at radius 3 is 2.70 bits per heavy atom. The fourth-order valence-corrected chi connectivity index (χ4v) is 2.88. The molecule has 1 N–H and O–H groups in total. The highest BCUT2D eigenvalue weighted by Gasteiger charge is 2.30. The van der Waals surface area contributed by atoms with E-state index in [2.05, 4.69) is 34.8 Å². The molecule has 4 nitrogen and oxygen atoms in total. The lowest BCUT2D eigenvalue weighted by molar-refractivity contribution is 0.0617. The predicted octanol–water partition coefficient (Wildman–Crippen LogP) is 2.74. The Morgan fingerprint density at radius 1 is 1.26 bits per heavy atom. The number of aromatic nitrogens is 1. The van der Waals surface area contributed by atoms with Gasteiger partial charge in [0.1, 0.15) is 18.5 Å². The first-order valence-corrected chi connectivity index (χ1v) is 8.34. The fraction of sp³-hybridized carbons (Fsp3) is 0.474. The normalized spacial score (nSPS) is 15.8. The maximum atomic E-state index is 10.4. The Labute approximate surface area is 138 Å². The van der Waals surface area contributed by atoms with Crippen LogP contribution >= 0.6 is 0 Å². The summed E-state index contributed by atoms with van der Waals surface area (Å²) >= 11 is 0.